The molecule has 1 fully saturated rings. The number of nitrogens with zero attached hydrogens (tertiary/aromatic N) is 3. The van der Waals surface area contributed by atoms with Gasteiger partial charge in [0.15, 0.2) is 0 Å². The third-order valence-electron chi connectivity index (χ3n) is 4.23. The zero-order valence-corrected chi connectivity index (χ0v) is 15.5. The molecule has 0 aliphatic carbocycles. The number of carbonyl (C=O) groups excluding carboxylic acids is 2. The lowest BCUT2D eigenvalue weighted by molar-refractivity contribution is -0.153. The largest absolute Gasteiger partial charge is 0.386 e. The molecule has 0 saturated carbocycles. The van der Waals surface area contributed by atoms with E-state index in [2.05, 4.69) is 9.88 Å². The predicted octanol–water partition coefficient (Wildman–Crippen LogP) is 1.96. The lowest BCUT2D eigenvalue weighted by Crippen LogP contribution is -2.36. The molecule has 1 aromatic heterocycles. The molecule has 7 nitrogen and oxygen atoms in total. The van der Waals surface area contributed by atoms with Crippen LogP contribution in [-0.4, -0.2) is 59.2 Å². The van der Waals surface area contributed by atoms with Crippen LogP contribution in [0, 0.1) is 0 Å². The van der Waals surface area contributed by atoms with Crippen molar-refractivity contribution in [3.8, 4) is 0 Å². The highest BCUT2D eigenvalue weighted by Gasteiger charge is 2.14. The standard InChI is InChI=1S/C19H27N3O4/c1-16(5-3-8-21-11-13-25-14-12-21)18(23)26-19(24)17(2)6-4-9-22-10-7-20-15-22/h5-7,10,15H,3-4,8-9,11-14H2,1-2H3. The molecule has 1 aromatic rings. The van der Waals surface area contributed by atoms with Gasteiger partial charge in [0.05, 0.1) is 19.5 Å². The van der Waals surface area contributed by atoms with E-state index >= 15 is 0 Å². The van der Waals surface area contributed by atoms with Crippen LogP contribution >= 0.6 is 0 Å². The second-order valence-corrected chi connectivity index (χ2v) is 6.28. The van der Waals surface area contributed by atoms with Crippen LogP contribution in [0.4, 0.5) is 0 Å². The van der Waals surface area contributed by atoms with Gasteiger partial charge in [-0.2, -0.15) is 0 Å². The maximum absolute atomic E-state index is 12.0. The Kier molecular flexibility index (Phi) is 8.24. The highest BCUT2D eigenvalue weighted by Crippen LogP contribution is 2.06. The first kappa shape index (κ1) is 20.1. The second kappa shape index (κ2) is 10.7. The Bertz CT molecular complexity index is 644. The Morgan fingerprint density at radius 2 is 1.69 bits per heavy atom. The van der Waals surface area contributed by atoms with Gasteiger partial charge in [-0.25, -0.2) is 14.6 Å². The quantitative estimate of drug-likeness (QED) is 0.400. The van der Waals surface area contributed by atoms with Crippen molar-refractivity contribution < 1.29 is 19.1 Å². The van der Waals surface area contributed by atoms with E-state index in [9.17, 15) is 9.59 Å². The molecule has 2 heterocycles. The lowest BCUT2D eigenvalue weighted by atomic mass is 10.2. The van der Waals surface area contributed by atoms with Gasteiger partial charge in [-0.15, -0.1) is 0 Å². The molecule has 0 atom stereocenters. The Morgan fingerprint density at radius 1 is 1.08 bits per heavy atom. The summed E-state index contributed by atoms with van der Waals surface area (Å²) in [6.45, 7) is 8.26. The highest BCUT2D eigenvalue weighted by molar-refractivity contribution is 6.01. The molecule has 0 amide bonds. The maximum atomic E-state index is 12.0. The predicted molar refractivity (Wildman–Crippen MR) is 97.3 cm³/mol. The first-order chi connectivity index (χ1) is 12.6. The maximum Gasteiger partial charge on any atom is 0.341 e. The molecule has 1 saturated heterocycles. The van der Waals surface area contributed by atoms with Crippen LogP contribution < -0.4 is 0 Å². The topological polar surface area (TPSA) is 73.7 Å². The SMILES string of the molecule is CC(=CCCN1CCOCC1)C(=O)OC(=O)C(C)=CCCn1ccnc1. The average molecular weight is 361 g/mol. The van der Waals surface area contributed by atoms with E-state index in [-0.39, 0.29) is 0 Å². The minimum atomic E-state index is -0.596. The summed E-state index contributed by atoms with van der Waals surface area (Å²) in [5, 5.41) is 0. The molecule has 0 spiro atoms. The fourth-order valence-corrected chi connectivity index (χ4v) is 2.55. The first-order valence-electron chi connectivity index (χ1n) is 8.92. The second-order valence-electron chi connectivity index (χ2n) is 6.28. The van der Waals surface area contributed by atoms with Gasteiger partial charge in [0.25, 0.3) is 0 Å². The fraction of sp³-hybridized carbons (Fsp3) is 0.526. The van der Waals surface area contributed by atoms with Crippen molar-refractivity contribution in [2.45, 2.75) is 33.2 Å². The summed E-state index contributed by atoms with van der Waals surface area (Å²) in [6.07, 6.45) is 10.3. The first-order valence-corrected chi connectivity index (χ1v) is 8.92. The van der Waals surface area contributed by atoms with E-state index < -0.39 is 11.9 Å². The smallest absolute Gasteiger partial charge is 0.341 e. The highest BCUT2D eigenvalue weighted by atomic mass is 16.6. The number of hydrogen-bond donors (Lipinski definition) is 0. The minimum absolute atomic E-state index is 0.430. The van der Waals surface area contributed by atoms with Crippen molar-refractivity contribution in [2.75, 3.05) is 32.8 Å². The van der Waals surface area contributed by atoms with Gasteiger partial charge in [0.1, 0.15) is 0 Å². The Balaban J connectivity index is 1.71. The van der Waals surface area contributed by atoms with Crippen molar-refractivity contribution in [1.29, 1.82) is 0 Å². The van der Waals surface area contributed by atoms with Gasteiger partial charge < -0.3 is 14.0 Å². The Hall–Kier alpha value is -2.25. The summed E-state index contributed by atoms with van der Waals surface area (Å²) in [5.74, 6) is -1.18. The van der Waals surface area contributed by atoms with Crippen LogP contribution in [0.1, 0.15) is 26.7 Å². The fourth-order valence-electron chi connectivity index (χ4n) is 2.55. The molecule has 1 aliphatic rings. The summed E-state index contributed by atoms with van der Waals surface area (Å²) in [4.78, 5) is 30.3. The molecular formula is C19H27N3O4. The number of aryl methyl sites for hydroxylation is 1. The van der Waals surface area contributed by atoms with Crippen LogP contribution in [0.3, 0.4) is 0 Å². The summed E-state index contributed by atoms with van der Waals surface area (Å²) in [6, 6.07) is 0. The molecule has 7 heteroatoms. The molecule has 2 rings (SSSR count). The van der Waals surface area contributed by atoms with Gasteiger partial charge in [0.2, 0.25) is 0 Å². The molecule has 1 aliphatic heterocycles. The van der Waals surface area contributed by atoms with E-state index in [1.165, 1.54) is 0 Å². The molecule has 142 valence electrons. The number of aromatic nitrogens is 2. The van der Waals surface area contributed by atoms with Crippen LogP contribution in [-0.2, 0) is 25.6 Å². The van der Waals surface area contributed by atoms with Crippen molar-refractivity contribution in [2.24, 2.45) is 0 Å². The third kappa shape index (κ3) is 6.93. The molecule has 0 N–H and O–H groups in total. The van der Waals surface area contributed by atoms with E-state index in [1.807, 2.05) is 16.8 Å². The van der Waals surface area contributed by atoms with E-state index in [0.29, 0.717) is 17.6 Å². The number of hydrogen-bond acceptors (Lipinski definition) is 6. The lowest BCUT2D eigenvalue weighted by Gasteiger charge is -2.25. The van der Waals surface area contributed by atoms with Gasteiger partial charge in [-0.3, -0.25) is 4.90 Å². The normalized spacial score (nSPS) is 16.5. The molecule has 0 bridgehead atoms. The minimum Gasteiger partial charge on any atom is -0.386 e. The van der Waals surface area contributed by atoms with Crippen LogP contribution in [0.15, 0.2) is 42.0 Å². The monoisotopic (exact) mass is 361 g/mol. The Morgan fingerprint density at radius 3 is 2.27 bits per heavy atom. The third-order valence-corrected chi connectivity index (χ3v) is 4.23. The molecular weight excluding hydrogens is 334 g/mol. The molecule has 0 radical (unpaired) electrons. The van der Waals surface area contributed by atoms with Crippen LogP contribution in [0.2, 0.25) is 0 Å². The van der Waals surface area contributed by atoms with Crippen molar-refractivity contribution in [1.82, 2.24) is 14.5 Å². The number of allylic oxidation sites excluding steroid dienone is 1. The van der Waals surface area contributed by atoms with Crippen LogP contribution in [0.5, 0.6) is 0 Å². The van der Waals surface area contributed by atoms with E-state index in [4.69, 9.17) is 9.47 Å². The number of ether oxygens (including phenoxy) is 2. The number of imidazole rings is 1. The molecule has 0 unspecified atom stereocenters. The number of esters is 2. The van der Waals surface area contributed by atoms with Gasteiger partial charge in [0, 0.05) is 49.7 Å². The van der Waals surface area contributed by atoms with Gasteiger partial charge in [-0.1, -0.05) is 12.2 Å². The average Bonchev–Trinajstić information content (AvgIpc) is 3.15. The van der Waals surface area contributed by atoms with Crippen molar-refractivity contribution in [3.05, 3.63) is 42.0 Å². The number of carbonyl (C=O) groups is 2. The summed E-state index contributed by atoms with van der Waals surface area (Å²) < 4.78 is 12.2. The van der Waals surface area contributed by atoms with Gasteiger partial charge in [-0.05, 0) is 26.7 Å². The summed E-state index contributed by atoms with van der Waals surface area (Å²) >= 11 is 0. The molecule has 26 heavy (non-hydrogen) atoms. The zero-order valence-electron chi connectivity index (χ0n) is 15.5. The van der Waals surface area contributed by atoms with Crippen molar-refractivity contribution >= 4 is 11.9 Å². The number of morpholine rings is 1. The van der Waals surface area contributed by atoms with E-state index in [0.717, 1.165) is 45.8 Å². The van der Waals surface area contributed by atoms with Crippen LogP contribution in [0.25, 0.3) is 0 Å². The van der Waals surface area contributed by atoms with Crippen molar-refractivity contribution in [3.63, 3.8) is 0 Å². The zero-order chi connectivity index (χ0) is 18.8. The Labute approximate surface area is 154 Å². The summed E-state index contributed by atoms with van der Waals surface area (Å²) in [5.41, 5.74) is 0.886. The van der Waals surface area contributed by atoms with Gasteiger partial charge >= 0.3 is 11.9 Å². The number of rotatable bonds is 8. The van der Waals surface area contributed by atoms with E-state index in [1.54, 1.807) is 32.4 Å². The molecule has 0 aromatic carbocycles. The summed E-state index contributed by atoms with van der Waals surface area (Å²) in [7, 11) is 0.